The summed E-state index contributed by atoms with van der Waals surface area (Å²) >= 11 is 1.02. The minimum absolute atomic E-state index is 0.00560. The van der Waals surface area contributed by atoms with Gasteiger partial charge < -0.3 is 10.1 Å². The first kappa shape index (κ1) is 24.1. The van der Waals surface area contributed by atoms with Crippen molar-refractivity contribution in [1.29, 1.82) is 0 Å². The molecule has 0 atom stereocenters. The summed E-state index contributed by atoms with van der Waals surface area (Å²) in [6.45, 7) is 3.47. The highest BCUT2D eigenvalue weighted by molar-refractivity contribution is 7.16. The van der Waals surface area contributed by atoms with Gasteiger partial charge in [-0.2, -0.15) is 23.0 Å². The predicted molar refractivity (Wildman–Crippen MR) is 125 cm³/mol. The fourth-order valence-corrected chi connectivity index (χ4v) is 4.35. The SMILES string of the molecule is CCOC(=O)c1nn(-c2ccc(C(F)(F)F)cc2)c(=O)c2c(NC(=O)c3cccc(C)c3)scc12. The smallest absolute Gasteiger partial charge is 0.416 e. The Morgan fingerprint density at radius 3 is 2.49 bits per heavy atom. The van der Waals surface area contributed by atoms with Crippen molar-refractivity contribution in [1.82, 2.24) is 9.78 Å². The number of hydrogen-bond acceptors (Lipinski definition) is 6. The number of halogens is 3. The molecule has 2 aromatic heterocycles. The number of carbonyl (C=O) groups is 2. The summed E-state index contributed by atoms with van der Waals surface area (Å²) in [5.41, 5.74) is -0.566. The molecule has 1 N–H and O–H groups in total. The Balaban J connectivity index is 1.86. The molecule has 0 aliphatic carbocycles. The number of rotatable bonds is 5. The number of thiophene rings is 1. The summed E-state index contributed by atoms with van der Waals surface area (Å²) in [7, 11) is 0. The number of fused-ring (bicyclic) bond motifs is 1. The number of alkyl halides is 3. The van der Waals surface area contributed by atoms with Crippen LogP contribution in [0, 0.1) is 6.92 Å². The molecule has 0 aliphatic heterocycles. The van der Waals surface area contributed by atoms with Crippen molar-refractivity contribution in [2.45, 2.75) is 20.0 Å². The third-order valence-electron chi connectivity index (χ3n) is 5.07. The molecule has 11 heteroatoms. The number of nitrogens with zero attached hydrogens (tertiary/aromatic N) is 2. The average molecular weight is 501 g/mol. The van der Waals surface area contributed by atoms with E-state index in [1.165, 1.54) is 5.38 Å². The molecule has 0 fully saturated rings. The highest BCUT2D eigenvalue weighted by atomic mass is 32.1. The van der Waals surface area contributed by atoms with E-state index in [1.54, 1.807) is 25.1 Å². The topological polar surface area (TPSA) is 90.3 Å². The van der Waals surface area contributed by atoms with Crippen LogP contribution in [0.1, 0.15) is 38.9 Å². The van der Waals surface area contributed by atoms with Crippen LogP contribution in [0.25, 0.3) is 16.5 Å². The molecule has 1 amide bonds. The molecule has 0 unspecified atom stereocenters. The van der Waals surface area contributed by atoms with Crippen LogP contribution in [0.5, 0.6) is 0 Å². The fourth-order valence-electron chi connectivity index (χ4n) is 3.42. The lowest BCUT2D eigenvalue weighted by Crippen LogP contribution is -2.25. The number of ether oxygens (including phenoxy) is 1. The van der Waals surface area contributed by atoms with Gasteiger partial charge in [0.25, 0.3) is 11.5 Å². The summed E-state index contributed by atoms with van der Waals surface area (Å²) in [6, 6.07) is 10.6. The number of aromatic nitrogens is 2. The zero-order chi connectivity index (χ0) is 25.3. The number of benzene rings is 2. The molecule has 7 nitrogen and oxygen atoms in total. The molecule has 0 bridgehead atoms. The summed E-state index contributed by atoms with van der Waals surface area (Å²) in [4.78, 5) is 38.8. The zero-order valence-corrected chi connectivity index (χ0v) is 19.3. The third-order valence-corrected chi connectivity index (χ3v) is 5.96. The second-order valence-corrected chi connectivity index (χ2v) is 8.39. The van der Waals surface area contributed by atoms with Crippen molar-refractivity contribution in [3.8, 4) is 5.69 Å². The lowest BCUT2D eigenvalue weighted by Gasteiger charge is -2.11. The second kappa shape index (κ2) is 9.34. The van der Waals surface area contributed by atoms with Crippen molar-refractivity contribution >= 4 is 39.0 Å². The number of anilines is 1. The minimum Gasteiger partial charge on any atom is -0.461 e. The molecule has 4 aromatic rings. The van der Waals surface area contributed by atoms with Crippen molar-refractivity contribution in [2.75, 3.05) is 11.9 Å². The Kier molecular flexibility index (Phi) is 6.44. The van der Waals surface area contributed by atoms with Gasteiger partial charge in [0.2, 0.25) is 0 Å². The van der Waals surface area contributed by atoms with Gasteiger partial charge in [-0.1, -0.05) is 17.7 Å². The van der Waals surface area contributed by atoms with Gasteiger partial charge in [-0.25, -0.2) is 4.79 Å². The maximum atomic E-state index is 13.4. The Labute approximate surface area is 200 Å². The normalized spacial score (nSPS) is 11.5. The first-order chi connectivity index (χ1) is 16.6. The average Bonchev–Trinajstić information content (AvgIpc) is 3.23. The standard InChI is InChI=1S/C24H18F3N3O4S/c1-3-34-23(33)19-17-12-35-21(28-20(31)14-6-4-5-13(2)11-14)18(17)22(32)30(29-19)16-9-7-15(8-10-16)24(25,26)27/h4-12H,3H2,1-2H3,(H,28,31). The molecule has 4 rings (SSSR count). The van der Waals surface area contributed by atoms with Crippen LogP contribution in [0.2, 0.25) is 0 Å². The van der Waals surface area contributed by atoms with Gasteiger partial charge in [-0.05, 0) is 50.2 Å². The molecule has 35 heavy (non-hydrogen) atoms. The molecule has 0 spiro atoms. The second-order valence-electron chi connectivity index (χ2n) is 7.51. The lowest BCUT2D eigenvalue weighted by atomic mass is 10.1. The number of esters is 1. The van der Waals surface area contributed by atoms with E-state index in [0.29, 0.717) is 5.56 Å². The molecule has 0 radical (unpaired) electrons. The van der Waals surface area contributed by atoms with Gasteiger partial charge in [-0.3, -0.25) is 9.59 Å². The van der Waals surface area contributed by atoms with Gasteiger partial charge in [0, 0.05) is 16.3 Å². The molecule has 0 aliphatic rings. The first-order valence-electron chi connectivity index (χ1n) is 10.4. The zero-order valence-electron chi connectivity index (χ0n) is 18.5. The summed E-state index contributed by atoms with van der Waals surface area (Å²) in [6.07, 6.45) is -4.56. The largest absolute Gasteiger partial charge is 0.461 e. The maximum absolute atomic E-state index is 13.4. The van der Waals surface area contributed by atoms with E-state index in [-0.39, 0.29) is 33.8 Å². The Morgan fingerprint density at radius 1 is 1.14 bits per heavy atom. The molecule has 2 aromatic carbocycles. The van der Waals surface area contributed by atoms with E-state index in [2.05, 4.69) is 10.4 Å². The van der Waals surface area contributed by atoms with Crippen molar-refractivity contribution < 1.29 is 27.5 Å². The first-order valence-corrected chi connectivity index (χ1v) is 11.3. The third kappa shape index (κ3) is 4.80. The lowest BCUT2D eigenvalue weighted by molar-refractivity contribution is -0.137. The summed E-state index contributed by atoms with van der Waals surface area (Å²) in [5.74, 6) is -1.28. The molecule has 2 heterocycles. The number of carbonyl (C=O) groups excluding carboxylic acids is 2. The number of hydrogen-bond donors (Lipinski definition) is 1. The summed E-state index contributed by atoms with van der Waals surface area (Å²) in [5, 5.41) is 8.61. The van der Waals surface area contributed by atoms with E-state index < -0.39 is 29.2 Å². The van der Waals surface area contributed by atoms with Crippen LogP contribution in [0.4, 0.5) is 18.2 Å². The molecular weight excluding hydrogens is 483 g/mol. The Morgan fingerprint density at radius 2 is 1.86 bits per heavy atom. The van der Waals surface area contributed by atoms with E-state index in [1.807, 2.05) is 13.0 Å². The maximum Gasteiger partial charge on any atom is 0.416 e. The van der Waals surface area contributed by atoms with Crippen LogP contribution in [0.15, 0.2) is 58.7 Å². The Hall–Kier alpha value is -3.99. The summed E-state index contributed by atoms with van der Waals surface area (Å²) < 4.78 is 44.8. The van der Waals surface area contributed by atoms with Crippen LogP contribution in [-0.4, -0.2) is 28.3 Å². The van der Waals surface area contributed by atoms with E-state index >= 15 is 0 Å². The molecule has 180 valence electrons. The monoisotopic (exact) mass is 501 g/mol. The highest BCUT2D eigenvalue weighted by Crippen LogP contribution is 2.32. The fraction of sp³-hybridized carbons (Fsp3) is 0.167. The van der Waals surface area contributed by atoms with Gasteiger partial charge in [-0.15, -0.1) is 11.3 Å². The van der Waals surface area contributed by atoms with Gasteiger partial charge in [0.1, 0.15) is 5.00 Å². The Bertz CT molecular complexity index is 1490. The van der Waals surface area contributed by atoms with E-state index in [4.69, 9.17) is 4.74 Å². The minimum atomic E-state index is -4.56. The van der Waals surface area contributed by atoms with Crippen LogP contribution in [-0.2, 0) is 10.9 Å². The molecule has 0 saturated heterocycles. The van der Waals surface area contributed by atoms with Crippen LogP contribution in [0.3, 0.4) is 0 Å². The molecular formula is C24H18F3N3O4S. The van der Waals surface area contributed by atoms with Gasteiger partial charge in [0.05, 0.1) is 23.2 Å². The van der Waals surface area contributed by atoms with Crippen molar-refractivity contribution in [3.63, 3.8) is 0 Å². The van der Waals surface area contributed by atoms with E-state index in [0.717, 1.165) is 45.8 Å². The van der Waals surface area contributed by atoms with Gasteiger partial charge in [0.15, 0.2) is 5.69 Å². The predicted octanol–water partition coefficient (Wildman–Crippen LogP) is 5.20. The van der Waals surface area contributed by atoms with Gasteiger partial charge >= 0.3 is 12.1 Å². The number of amides is 1. The number of aryl methyl sites for hydroxylation is 1. The van der Waals surface area contributed by atoms with Crippen molar-refractivity contribution in [3.05, 3.63) is 86.6 Å². The van der Waals surface area contributed by atoms with Crippen LogP contribution >= 0.6 is 11.3 Å². The molecule has 0 saturated carbocycles. The van der Waals surface area contributed by atoms with E-state index in [9.17, 15) is 27.6 Å². The number of nitrogens with one attached hydrogen (secondary N) is 1. The highest BCUT2D eigenvalue weighted by Gasteiger charge is 2.30. The van der Waals surface area contributed by atoms with Crippen molar-refractivity contribution in [2.24, 2.45) is 0 Å². The van der Waals surface area contributed by atoms with Crippen LogP contribution < -0.4 is 10.9 Å². The quantitative estimate of drug-likeness (QED) is 0.380.